The molecule has 0 unspecified atom stereocenters. The molecule has 2 N–H and O–H groups in total. The summed E-state index contributed by atoms with van der Waals surface area (Å²) in [6.45, 7) is 9.73. The summed E-state index contributed by atoms with van der Waals surface area (Å²) in [6.07, 6.45) is -3.46. The van der Waals surface area contributed by atoms with Crippen LogP contribution in [0.1, 0.15) is 51.3 Å². The number of aromatic nitrogens is 4. The molecule has 3 heterocycles. The summed E-state index contributed by atoms with van der Waals surface area (Å²) in [7, 11) is 0. The fourth-order valence-corrected chi connectivity index (χ4v) is 5.10. The zero-order chi connectivity index (χ0) is 28.3. The normalized spacial score (nSPS) is 15.4. The molecule has 1 aliphatic heterocycles. The van der Waals surface area contributed by atoms with Gasteiger partial charge in [-0.3, -0.25) is 4.79 Å². The standard InChI is InChI=1S/C28H30F4N6O/c1-26(2,3)21-11-18(7-9-22(21)29)38-23-19(24(39)37(38)15-28(30,31)32)13-34-25(36-23)35-17-6-8-20-16(10-17)12-33-14-27(20,4)5/h6-11,13,33H,12,14-15H2,1-5H3,(H,34,35,36). The van der Waals surface area contributed by atoms with Crippen molar-refractivity contribution in [1.82, 2.24) is 24.6 Å². The highest BCUT2D eigenvalue weighted by Gasteiger charge is 2.32. The Bertz CT molecular complexity index is 1630. The fraction of sp³-hybridized carbons (Fsp3) is 0.393. The Morgan fingerprint density at radius 2 is 1.85 bits per heavy atom. The maximum absolute atomic E-state index is 14.6. The van der Waals surface area contributed by atoms with Crippen molar-refractivity contribution < 1.29 is 17.6 Å². The lowest BCUT2D eigenvalue weighted by atomic mass is 9.79. The number of hydrogen-bond acceptors (Lipinski definition) is 5. The number of alkyl halides is 3. The molecule has 2 aromatic heterocycles. The molecule has 2 aromatic carbocycles. The van der Waals surface area contributed by atoms with Crippen LogP contribution in [0.25, 0.3) is 16.7 Å². The SMILES string of the molecule is CC(C)(C)c1cc(-n2c3nc(Nc4ccc5c(c4)CNCC5(C)C)ncc3c(=O)n2CC(F)(F)F)ccc1F. The fourth-order valence-electron chi connectivity index (χ4n) is 5.10. The summed E-state index contributed by atoms with van der Waals surface area (Å²) in [4.78, 5) is 21.8. The van der Waals surface area contributed by atoms with Gasteiger partial charge in [-0.25, -0.2) is 18.7 Å². The number of nitrogens with zero attached hydrogens (tertiary/aromatic N) is 4. The average Bonchev–Trinajstić information content (AvgIpc) is 3.08. The Morgan fingerprint density at radius 1 is 1.10 bits per heavy atom. The Labute approximate surface area is 222 Å². The van der Waals surface area contributed by atoms with Crippen LogP contribution in [-0.4, -0.2) is 32.1 Å². The van der Waals surface area contributed by atoms with E-state index in [1.807, 2.05) is 18.2 Å². The minimum absolute atomic E-state index is 0.0195. The van der Waals surface area contributed by atoms with Crippen molar-refractivity contribution in [2.24, 2.45) is 0 Å². The third kappa shape index (κ3) is 5.15. The molecule has 11 heteroatoms. The Morgan fingerprint density at radius 3 is 2.54 bits per heavy atom. The molecular weight excluding hydrogens is 512 g/mol. The maximum Gasteiger partial charge on any atom is 0.408 e. The van der Waals surface area contributed by atoms with E-state index in [2.05, 4.69) is 34.4 Å². The highest BCUT2D eigenvalue weighted by Crippen LogP contribution is 2.32. The van der Waals surface area contributed by atoms with Crippen LogP contribution in [0, 0.1) is 5.82 Å². The van der Waals surface area contributed by atoms with Gasteiger partial charge in [0.05, 0.1) is 5.69 Å². The Balaban J connectivity index is 1.64. The molecule has 0 radical (unpaired) electrons. The van der Waals surface area contributed by atoms with Gasteiger partial charge in [0.25, 0.3) is 5.56 Å². The number of halogens is 4. The molecule has 0 saturated heterocycles. The number of nitrogens with one attached hydrogen (secondary N) is 2. The van der Waals surface area contributed by atoms with Gasteiger partial charge in [-0.15, -0.1) is 0 Å². The molecule has 0 aliphatic carbocycles. The quantitative estimate of drug-likeness (QED) is 0.324. The summed E-state index contributed by atoms with van der Waals surface area (Å²) < 4.78 is 57.0. The van der Waals surface area contributed by atoms with E-state index < -0.39 is 29.5 Å². The van der Waals surface area contributed by atoms with Crippen LogP contribution in [0.2, 0.25) is 0 Å². The van der Waals surface area contributed by atoms with Gasteiger partial charge in [-0.2, -0.15) is 18.2 Å². The van der Waals surface area contributed by atoms with Crippen molar-refractivity contribution in [3.8, 4) is 5.69 Å². The second-order valence-electron chi connectivity index (χ2n) is 11.6. The van der Waals surface area contributed by atoms with Crippen molar-refractivity contribution in [1.29, 1.82) is 0 Å². The molecule has 0 atom stereocenters. The first-order valence-electron chi connectivity index (χ1n) is 12.6. The molecule has 39 heavy (non-hydrogen) atoms. The molecule has 0 fully saturated rings. The number of fused-ring (bicyclic) bond motifs is 2. The number of hydrogen-bond donors (Lipinski definition) is 2. The molecule has 206 valence electrons. The summed E-state index contributed by atoms with van der Waals surface area (Å²) >= 11 is 0. The first kappa shape index (κ1) is 26.9. The number of benzene rings is 2. The molecule has 0 spiro atoms. The van der Waals surface area contributed by atoms with Gasteiger partial charge in [-0.1, -0.05) is 40.7 Å². The summed E-state index contributed by atoms with van der Waals surface area (Å²) in [5.41, 5.74) is 1.96. The third-order valence-electron chi connectivity index (χ3n) is 6.98. The van der Waals surface area contributed by atoms with Crippen LogP contribution in [0.3, 0.4) is 0 Å². The van der Waals surface area contributed by atoms with E-state index in [1.54, 1.807) is 20.8 Å². The van der Waals surface area contributed by atoms with E-state index >= 15 is 0 Å². The van der Waals surface area contributed by atoms with Crippen molar-refractivity contribution in [2.45, 2.75) is 64.7 Å². The van der Waals surface area contributed by atoms with Crippen molar-refractivity contribution in [3.63, 3.8) is 0 Å². The average molecular weight is 543 g/mol. The van der Waals surface area contributed by atoms with Gasteiger partial charge in [0, 0.05) is 30.4 Å². The third-order valence-corrected chi connectivity index (χ3v) is 6.98. The zero-order valence-corrected chi connectivity index (χ0v) is 22.4. The van der Waals surface area contributed by atoms with Gasteiger partial charge in [-0.05, 0) is 52.4 Å². The lowest BCUT2D eigenvalue weighted by molar-refractivity contribution is -0.144. The van der Waals surface area contributed by atoms with E-state index in [-0.39, 0.29) is 28.1 Å². The van der Waals surface area contributed by atoms with E-state index in [4.69, 9.17) is 0 Å². The van der Waals surface area contributed by atoms with Crippen LogP contribution in [0.15, 0.2) is 47.4 Å². The molecule has 1 aliphatic rings. The van der Waals surface area contributed by atoms with Gasteiger partial charge in [0.15, 0.2) is 5.65 Å². The van der Waals surface area contributed by atoms with Crippen molar-refractivity contribution in [3.05, 3.63) is 75.5 Å². The summed E-state index contributed by atoms with van der Waals surface area (Å²) in [6, 6.07) is 9.90. The molecule has 5 rings (SSSR count). The lowest BCUT2D eigenvalue weighted by Crippen LogP contribution is -2.38. The minimum atomic E-state index is -4.68. The highest BCUT2D eigenvalue weighted by molar-refractivity contribution is 5.77. The van der Waals surface area contributed by atoms with Crippen LogP contribution < -0.4 is 16.2 Å². The minimum Gasteiger partial charge on any atom is -0.324 e. The van der Waals surface area contributed by atoms with E-state index in [9.17, 15) is 22.4 Å². The first-order valence-corrected chi connectivity index (χ1v) is 12.6. The van der Waals surface area contributed by atoms with Crippen LogP contribution >= 0.6 is 0 Å². The predicted molar refractivity (Wildman–Crippen MR) is 142 cm³/mol. The number of anilines is 2. The van der Waals surface area contributed by atoms with Crippen molar-refractivity contribution >= 4 is 22.7 Å². The van der Waals surface area contributed by atoms with E-state index in [0.717, 1.165) is 16.8 Å². The molecule has 4 aromatic rings. The van der Waals surface area contributed by atoms with Gasteiger partial charge in [0.1, 0.15) is 17.7 Å². The summed E-state index contributed by atoms with van der Waals surface area (Å²) in [5.74, 6) is -0.379. The van der Waals surface area contributed by atoms with E-state index in [0.29, 0.717) is 22.5 Å². The smallest absolute Gasteiger partial charge is 0.324 e. The second-order valence-corrected chi connectivity index (χ2v) is 11.6. The molecule has 0 bridgehead atoms. The molecule has 7 nitrogen and oxygen atoms in total. The van der Waals surface area contributed by atoms with E-state index in [1.165, 1.54) is 30.0 Å². The monoisotopic (exact) mass is 542 g/mol. The first-order chi connectivity index (χ1) is 18.1. The largest absolute Gasteiger partial charge is 0.408 e. The van der Waals surface area contributed by atoms with Crippen LogP contribution in [0.4, 0.5) is 29.2 Å². The van der Waals surface area contributed by atoms with Gasteiger partial charge in [0.2, 0.25) is 5.95 Å². The van der Waals surface area contributed by atoms with Gasteiger partial charge >= 0.3 is 6.18 Å². The molecular formula is C28H30F4N6O. The lowest BCUT2D eigenvalue weighted by Gasteiger charge is -2.33. The summed E-state index contributed by atoms with van der Waals surface area (Å²) in [5, 5.41) is 6.44. The maximum atomic E-state index is 14.6. The Kier molecular flexibility index (Phi) is 6.32. The van der Waals surface area contributed by atoms with Crippen molar-refractivity contribution in [2.75, 3.05) is 11.9 Å². The molecule has 0 saturated carbocycles. The highest BCUT2D eigenvalue weighted by atomic mass is 19.4. The van der Waals surface area contributed by atoms with Gasteiger partial charge < -0.3 is 10.6 Å². The predicted octanol–water partition coefficient (Wildman–Crippen LogP) is 5.71. The molecule has 0 amide bonds. The van der Waals surface area contributed by atoms with Crippen LogP contribution in [-0.2, 0) is 23.9 Å². The second kappa shape index (κ2) is 9.18. The number of rotatable bonds is 4. The Hall–Kier alpha value is -3.73. The zero-order valence-electron chi connectivity index (χ0n) is 22.4. The van der Waals surface area contributed by atoms with Crippen LogP contribution in [0.5, 0.6) is 0 Å². The topological polar surface area (TPSA) is 76.8 Å².